The van der Waals surface area contributed by atoms with Crippen molar-refractivity contribution in [1.82, 2.24) is 19.6 Å². The molecule has 0 bridgehead atoms. The molecule has 0 aliphatic rings. The van der Waals surface area contributed by atoms with Gasteiger partial charge in [-0.15, -0.1) is 0 Å². The molecular formula is C17H15ClN4. The lowest BCUT2D eigenvalue weighted by Crippen LogP contribution is -1.98. The Balaban J connectivity index is 2.26. The van der Waals surface area contributed by atoms with E-state index in [-0.39, 0.29) is 0 Å². The Kier molecular flexibility index (Phi) is 3.77. The Morgan fingerprint density at radius 3 is 2.91 bits per heavy atom. The fourth-order valence-electron chi connectivity index (χ4n) is 2.35. The molecule has 0 unspecified atom stereocenters. The Morgan fingerprint density at radius 2 is 2.18 bits per heavy atom. The number of fused-ring (bicyclic) bond motifs is 3. The number of aromatic nitrogens is 4. The molecule has 4 nitrogen and oxygen atoms in total. The minimum Gasteiger partial charge on any atom is -0.236 e. The van der Waals surface area contributed by atoms with E-state index >= 15 is 0 Å². The number of halogens is 1. The van der Waals surface area contributed by atoms with Gasteiger partial charge in [0.25, 0.3) is 0 Å². The lowest BCUT2D eigenvalue weighted by atomic mass is 10.1. The van der Waals surface area contributed by atoms with Crippen LogP contribution in [0.1, 0.15) is 18.2 Å². The van der Waals surface area contributed by atoms with Gasteiger partial charge in [0.1, 0.15) is 5.15 Å². The molecule has 0 aromatic carbocycles. The molecule has 0 saturated heterocycles. The summed E-state index contributed by atoms with van der Waals surface area (Å²) >= 11 is 6.39. The van der Waals surface area contributed by atoms with Gasteiger partial charge in [-0.1, -0.05) is 42.5 Å². The topological polar surface area (TPSA) is 43.1 Å². The molecule has 0 fully saturated rings. The Hall–Kier alpha value is -2.46. The predicted molar refractivity (Wildman–Crippen MR) is 91.0 cm³/mol. The van der Waals surface area contributed by atoms with Crippen LogP contribution in [0.4, 0.5) is 0 Å². The van der Waals surface area contributed by atoms with Crippen LogP contribution in [0.3, 0.4) is 0 Å². The summed E-state index contributed by atoms with van der Waals surface area (Å²) in [6.07, 6.45) is 9.32. The van der Waals surface area contributed by atoms with Gasteiger partial charge in [0, 0.05) is 23.2 Å². The highest BCUT2D eigenvalue weighted by Crippen LogP contribution is 2.27. The highest BCUT2D eigenvalue weighted by Gasteiger charge is 2.11. The van der Waals surface area contributed by atoms with Gasteiger partial charge >= 0.3 is 0 Å². The van der Waals surface area contributed by atoms with Gasteiger partial charge < -0.3 is 0 Å². The summed E-state index contributed by atoms with van der Waals surface area (Å²) in [4.78, 5) is 8.93. The van der Waals surface area contributed by atoms with Crippen LogP contribution in [0.2, 0.25) is 5.15 Å². The number of aryl methyl sites for hydroxylation is 1. The molecule has 110 valence electrons. The summed E-state index contributed by atoms with van der Waals surface area (Å²) in [5, 5.41) is 5.75. The van der Waals surface area contributed by atoms with E-state index in [0.717, 1.165) is 27.9 Å². The van der Waals surface area contributed by atoms with E-state index in [1.54, 1.807) is 16.8 Å². The number of nitrogens with zero attached hydrogens (tertiary/aromatic N) is 4. The van der Waals surface area contributed by atoms with Crippen molar-refractivity contribution >= 4 is 33.9 Å². The van der Waals surface area contributed by atoms with E-state index < -0.39 is 0 Å². The lowest BCUT2D eigenvalue weighted by molar-refractivity contribution is 0.939. The van der Waals surface area contributed by atoms with Crippen LogP contribution in [-0.4, -0.2) is 19.6 Å². The first-order valence-corrected chi connectivity index (χ1v) is 7.29. The Morgan fingerprint density at radius 1 is 1.36 bits per heavy atom. The zero-order chi connectivity index (χ0) is 15.7. The largest absolute Gasteiger partial charge is 0.236 e. The average molecular weight is 311 g/mol. The number of hydrogen-bond donors (Lipinski definition) is 0. The molecule has 0 amide bonds. The molecule has 3 heterocycles. The summed E-state index contributed by atoms with van der Waals surface area (Å²) < 4.78 is 1.72. The minimum atomic E-state index is 0.440. The van der Waals surface area contributed by atoms with Crippen molar-refractivity contribution in [3.63, 3.8) is 0 Å². The van der Waals surface area contributed by atoms with Crippen molar-refractivity contribution in [2.45, 2.75) is 13.8 Å². The van der Waals surface area contributed by atoms with Crippen molar-refractivity contribution in [3.05, 3.63) is 65.6 Å². The summed E-state index contributed by atoms with van der Waals surface area (Å²) in [6.45, 7) is 7.57. The minimum absolute atomic E-state index is 0.440. The van der Waals surface area contributed by atoms with Gasteiger partial charge in [-0.3, -0.25) is 0 Å². The van der Waals surface area contributed by atoms with E-state index in [9.17, 15) is 0 Å². The van der Waals surface area contributed by atoms with Crippen molar-refractivity contribution in [1.29, 1.82) is 0 Å². The first-order valence-electron chi connectivity index (χ1n) is 6.91. The maximum Gasteiger partial charge on any atom is 0.166 e. The number of hydrogen-bond acceptors (Lipinski definition) is 3. The van der Waals surface area contributed by atoms with Crippen molar-refractivity contribution in [2.24, 2.45) is 0 Å². The third-order valence-electron chi connectivity index (χ3n) is 3.37. The van der Waals surface area contributed by atoms with Gasteiger partial charge in [-0.05, 0) is 25.5 Å². The summed E-state index contributed by atoms with van der Waals surface area (Å²) in [5.74, 6) is 0. The summed E-state index contributed by atoms with van der Waals surface area (Å²) in [7, 11) is 0. The molecule has 0 aliphatic carbocycles. The van der Waals surface area contributed by atoms with E-state index in [4.69, 9.17) is 11.6 Å². The Labute approximate surface area is 133 Å². The summed E-state index contributed by atoms with van der Waals surface area (Å²) in [5.41, 5.74) is 4.20. The maximum atomic E-state index is 6.39. The molecule has 0 aliphatic heterocycles. The molecule has 5 heteroatoms. The third kappa shape index (κ3) is 2.42. The molecule has 0 spiro atoms. The van der Waals surface area contributed by atoms with Crippen LogP contribution in [0.15, 0.2) is 49.2 Å². The predicted octanol–water partition coefficient (Wildman–Crippen LogP) is 4.38. The van der Waals surface area contributed by atoms with Crippen LogP contribution in [0.5, 0.6) is 0 Å². The quantitative estimate of drug-likeness (QED) is 0.532. The number of allylic oxidation sites excluding steroid dienone is 5. The second-order valence-corrected chi connectivity index (χ2v) is 5.25. The fraction of sp³-hybridized carbons (Fsp3) is 0.118. The second-order valence-electron chi connectivity index (χ2n) is 4.89. The average Bonchev–Trinajstić information content (AvgIpc) is 2.89. The standard InChI is InChI=1S/C17H15ClN4/c1-4-6-7-12(5-2)14-9-13-10-19-15-8-11(3)21-22(15)17(13)20-16(14)18/h4-10H,1H2,2-3H3. The molecule has 0 radical (unpaired) electrons. The summed E-state index contributed by atoms with van der Waals surface area (Å²) in [6, 6.07) is 3.89. The van der Waals surface area contributed by atoms with E-state index in [0.29, 0.717) is 10.8 Å². The molecule has 3 rings (SSSR count). The first-order chi connectivity index (χ1) is 10.6. The van der Waals surface area contributed by atoms with E-state index in [1.165, 1.54) is 0 Å². The maximum absolute atomic E-state index is 6.39. The van der Waals surface area contributed by atoms with E-state index in [1.807, 2.05) is 44.2 Å². The van der Waals surface area contributed by atoms with Crippen molar-refractivity contribution in [2.75, 3.05) is 0 Å². The third-order valence-corrected chi connectivity index (χ3v) is 3.66. The van der Waals surface area contributed by atoms with Crippen molar-refractivity contribution in [3.8, 4) is 0 Å². The zero-order valence-electron chi connectivity index (χ0n) is 12.4. The van der Waals surface area contributed by atoms with Crippen LogP contribution in [-0.2, 0) is 0 Å². The fourth-order valence-corrected chi connectivity index (χ4v) is 2.59. The first kappa shape index (κ1) is 14.5. The number of pyridine rings is 1. The van der Waals surface area contributed by atoms with Crippen LogP contribution in [0.25, 0.3) is 22.3 Å². The van der Waals surface area contributed by atoms with E-state index in [2.05, 4.69) is 21.6 Å². The van der Waals surface area contributed by atoms with Crippen LogP contribution < -0.4 is 0 Å². The van der Waals surface area contributed by atoms with Gasteiger partial charge in [0.15, 0.2) is 11.3 Å². The zero-order valence-corrected chi connectivity index (χ0v) is 13.2. The highest BCUT2D eigenvalue weighted by molar-refractivity contribution is 6.31. The van der Waals surface area contributed by atoms with Crippen molar-refractivity contribution < 1.29 is 0 Å². The van der Waals surface area contributed by atoms with Gasteiger partial charge in [-0.2, -0.15) is 9.61 Å². The molecule has 3 aromatic heterocycles. The molecule has 22 heavy (non-hydrogen) atoms. The lowest BCUT2D eigenvalue weighted by Gasteiger charge is -2.07. The molecule has 0 atom stereocenters. The van der Waals surface area contributed by atoms with Crippen LogP contribution >= 0.6 is 11.6 Å². The SMILES string of the molecule is C=CC=CC(=CC)c1cc2cnc3cc(C)nn3c2nc1Cl. The molecule has 0 saturated carbocycles. The number of rotatable bonds is 3. The molecule has 0 N–H and O–H groups in total. The Bertz CT molecular complexity index is 935. The normalized spacial score (nSPS) is 12.6. The monoisotopic (exact) mass is 310 g/mol. The molecular weight excluding hydrogens is 296 g/mol. The van der Waals surface area contributed by atoms with Crippen LogP contribution in [0, 0.1) is 6.92 Å². The molecule has 3 aromatic rings. The van der Waals surface area contributed by atoms with Gasteiger partial charge in [-0.25, -0.2) is 9.97 Å². The second kappa shape index (κ2) is 5.73. The van der Waals surface area contributed by atoms with Gasteiger partial charge in [0.2, 0.25) is 0 Å². The smallest absolute Gasteiger partial charge is 0.166 e. The van der Waals surface area contributed by atoms with Gasteiger partial charge in [0.05, 0.1) is 5.69 Å². The highest BCUT2D eigenvalue weighted by atomic mass is 35.5.